The molecule has 1 amide bonds. The van der Waals surface area contributed by atoms with E-state index in [0.717, 1.165) is 24.3 Å². The minimum absolute atomic E-state index is 0.222. The van der Waals surface area contributed by atoms with Crippen molar-refractivity contribution >= 4 is 22.4 Å². The minimum Gasteiger partial charge on any atom is -0.299 e. The second-order valence-electron chi connectivity index (χ2n) is 5.45. The fraction of sp³-hybridized carbons (Fsp3) is 0.692. The first-order chi connectivity index (χ1) is 9.05. The van der Waals surface area contributed by atoms with Gasteiger partial charge in [0.25, 0.3) is 0 Å². The highest BCUT2D eigenvalue weighted by molar-refractivity contribution is 7.15. The highest BCUT2D eigenvalue weighted by Crippen LogP contribution is 2.38. The third-order valence-corrected chi connectivity index (χ3v) is 4.24. The molecule has 0 aromatic carbocycles. The molecule has 6 heteroatoms. The summed E-state index contributed by atoms with van der Waals surface area (Å²) in [6, 6.07) is 2.18. The molecule has 0 saturated heterocycles. The molecule has 0 radical (unpaired) electrons. The van der Waals surface area contributed by atoms with Crippen molar-refractivity contribution in [1.29, 1.82) is 5.26 Å². The summed E-state index contributed by atoms with van der Waals surface area (Å²) in [5, 5.41) is 21.4. The maximum Gasteiger partial charge on any atom is 0.246 e. The highest BCUT2D eigenvalue weighted by Gasteiger charge is 2.41. The van der Waals surface area contributed by atoms with Crippen LogP contribution in [0, 0.1) is 22.7 Å². The number of carbonyl (C=O) groups excluding carboxylic acids is 1. The molecule has 1 aromatic rings. The number of nitrogens with zero attached hydrogens (tertiary/aromatic N) is 3. The maximum absolute atomic E-state index is 12.2. The van der Waals surface area contributed by atoms with Gasteiger partial charge in [-0.05, 0) is 18.8 Å². The first kappa shape index (κ1) is 13.9. The predicted octanol–water partition coefficient (Wildman–Crippen LogP) is 2.76. The van der Waals surface area contributed by atoms with E-state index in [-0.39, 0.29) is 5.91 Å². The van der Waals surface area contributed by atoms with Crippen molar-refractivity contribution in [1.82, 2.24) is 10.2 Å². The molecule has 0 spiro atoms. The molecule has 1 fully saturated rings. The van der Waals surface area contributed by atoms with Crippen LogP contribution in [0.4, 0.5) is 5.13 Å². The summed E-state index contributed by atoms with van der Waals surface area (Å²) in [6.07, 6.45) is 4.03. The summed E-state index contributed by atoms with van der Waals surface area (Å²) in [6.45, 7) is 4.23. The number of rotatable bonds is 4. The van der Waals surface area contributed by atoms with Crippen LogP contribution in [0.5, 0.6) is 0 Å². The van der Waals surface area contributed by atoms with E-state index in [0.29, 0.717) is 23.9 Å². The number of anilines is 1. The van der Waals surface area contributed by atoms with Gasteiger partial charge in [-0.2, -0.15) is 5.26 Å². The number of nitrogens with one attached hydrogen (secondary N) is 1. The molecule has 19 heavy (non-hydrogen) atoms. The van der Waals surface area contributed by atoms with Gasteiger partial charge in [-0.3, -0.25) is 10.1 Å². The molecule has 2 rings (SSSR count). The van der Waals surface area contributed by atoms with Crippen LogP contribution in [0.2, 0.25) is 0 Å². The lowest BCUT2D eigenvalue weighted by atomic mass is 9.87. The number of amides is 1. The van der Waals surface area contributed by atoms with E-state index in [1.165, 1.54) is 11.3 Å². The van der Waals surface area contributed by atoms with Gasteiger partial charge < -0.3 is 0 Å². The van der Waals surface area contributed by atoms with Crippen LogP contribution in [0.3, 0.4) is 0 Å². The van der Waals surface area contributed by atoms with Crippen LogP contribution >= 0.6 is 11.3 Å². The van der Waals surface area contributed by atoms with Crippen molar-refractivity contribution in [2.45, 2.75) is 46.0 Å². The van der Waals surface area contributed by atoms with E-state index in [2.05, 4.69) is 35.4 Å². The van der Waals surface area contributed by atoms with E-state index in [9.17, 15) is 10.1 Å². The van der Waals surface area contributed by atoms with Gasteiger partial charge in [0, 0.05) is 6.42 Å². The van der Waals surface area contributed by atoms with Crippen LogP contribution in [-0.2, 0) is 11.2 Å². The molecule has 1 aliphatic rings. The SMILES string of the molecule is CC(C)Cc1nnc(NC(=O)C2(C#N)CCCC2)s1. The summed E-state index contributed by atoms with van der Waals surface area (Å²) in [7, 11) is 0. The molecule has 0 atom stereocenters. The Morgan fingerprint density at radius 3 is 2.74 bits per heavy atom. The molecule has 0 aliphatic heterocycles. The second kappa shape index (κ2) is 5.66. The van der Waals surface area contributed by atoms with Crippen LogP contribution < -0.4 is 5.32 Å². The molecule has 1 aromatic heterocycles. The van der Waals surface area contributed by atoms with Crippen molar-refractivity contribution in [3.63, 3.8) is 0 Å². The average Bonchev–Trinajstić information content (AvgIpc) is 2.98. The molecule has 1 N–H and O–H groups in total. The predicted molar refractivity (Wildman–Crippen MR) is 73.6 cm³/mol. The molecule has 1 saturated carbocycles. The lowest BCUT2D eigenvalue weighted by molar-refractivity contribution is -0.122. The lowest BCUT2D eigenvalue weighted by Gasteiger charge is -2.17. The fourth-order valence-electron chi connectivity index (χ4n) is 2.32. The Labute approximate surface area is 117 Å². The molecule has 1 heterocycles. The number of nitriles is 1. The Kier molecular flexibility index (Phi) is 4.15. The largest absolute Gasteiger partial charge is 0.299 e. The van der Waals surface area contributed by atoms with Crippen LogP contribution in [0.15, 0.2) is 0 Å². The fourth-order valence-corrected chi connectivity index (χ4v) is 3.27. The molecular formula is C13H18N4OS. The Balaban J connectivity index is 2.03. The van der Waals surface area contributed by atoms with Crippen LogP contribution in [0.1, 0.15) is 44.5 Å². The van der Waals surface area contributed by atoms with Crippen molar-refractivity contribution in [2.75, 3.05) is 5.32 Å². The monoisotopic (exact) mass is 278 g/mol. The van der Waals surface area contributed by atoms with Gasteiger partial charge in [-0.1, -0.05) is 38.0 Å². The molecule has 0 unspecified atom stereocenters. The third-order valence-electron chi connectivity index (χ3n) is 3.38. The Bertz CT molecular complexity index is 497. The normalized spacial score (nSPS) is 17.4. The first-order valence-corrected chi connectivity index (χ1v) is 7.42. The zero-order chi connectivity index (χ0) is 13.9. The van der Waals surface area contributed by atoms with E-state index in [1.54, 1.807) is 0 Å². The van der Waals surface area contributed by atoms with Gasteiger partial charge in [0.2, 0.25) is 11.0 Å². The highest BCUT2D eigenvalue weighted by atomic mass is 32.1. The quantitative estimate of drug-likeness (QED) is 0.918. The summed E-state index contributed by atoms with van der Waals surface area (Å²) in [4.78, 5) is 12.2. The van der Waals surface area contributed by atoms with Gasteiger partial charge >= 0.3 is 0 Å². The first-order valence-electron chi connectivity index (χ1n) is 6.61. The zero-order valence-electron chi connectivity index (χ0n) is 11.3. The van der Waals surface area contributed by atoms with E-state index in [1.807, 2.05) is 0 Å². The van der Waals surface area contributed by atoms with E-state index in [4.69, 9.17) is 0 Å². The third kappa shape index (κ3) is 3.10. The molecule has 102 valence electrons. The Hall–Kier alpha value is -1.48. The van der Waals surface area contributed by atoms with Crippen LogP contribution in [-0.4, -0.2) is 16.1 Å². The van der Waals surface area contributed by atoms with Gasteiger partial charge in [0.1, 0.15) is 10.4 Å². The lowest BCUT2D eigenvalue weighted by Crippen LogP contribution is -2.32. The zero-order valence-corrected chi connectivity index (χ0v) is 12.1. The van der Waals surface area contributed by atoms with E-state index < -0.39 is 5.41 Å². The standard InChI is InChI=1S/C13H18N4OS/c1-9(2)7-10-16-17-12(19-10)15-11(18)13(8-14)5-3-4-6-13/h9H,3-7H2,1-2H3,(H,15,17,18). The summed E-state index contributed by atoms with van der Waals surface area (Å²) in [5.41, 5.74) is -0.857. The van der Waals surface area contributed by atoms with Gasteiger partial charge in [-0.15, -0.1) is 10.2 Å². The number of carbonyl (C=O) groups is 1. The number of aromatic nitrogens is 2. The maximum atomic E-state index is 12.2. The molecule has 1 aliphatic carbocycles. The van der Waals surface area contributed by atoms with Gasteiger partial charge in [-0.25, -0.2) is 0 Å². The van der Waals surface area contributed by atoms with Crippen molar-refractivity contribution in [2.24, 2.45) is 11.3 Å². The second-order valence-corrected chi connectivity index (χ2v) is 6.52. The average molecular weight is 278 g/mol. The van der Waals surface area contributed by atoms with Crippen LogP contribution in [0.25, 0.3) is 0 Å². The Morgan fingerprint density at radius 1 is 1.47 bits per heavy atom. The smallest absolute Gasteiger partial charge is 0.246 e. The molecule has 0 bridgehead atoms. The topological polar surface area (TPSA) is 78.7 Å². The number of hydrogen-bond acceptors (Lipinski definition) is 5. The van der Waals surface area contributed by atoms with Crippen molar-refractivity contribution in [3.8, 4) is 6.07 Å². The molecular weight excluding hydrogens is 260 g/mol. The van der Waals surface area contributed by atoms with Gasteiger partial charge in [0.15, 0.2) is 0 Å². The molecule has 5 nitrogen and oxygen atoms in total. The van der Waals surface area contributed by atoms with Gasteiger partial charge in [0.05, 0.1) is 6.07 Å². The number of hydrogen-bond donors (Lipinski definition) is 1. The summed E-state index contributed by atoms with van der Waals surface area (Å²) in [5.74, 6) is 0.288. The summed E-state index contributed by atoms with van der Waals surface area (Å²) < 4.78 is 0. The van der Waals surface area contributed by atoms with E-state index >= 15 is 0 Å². The van der Waals surface area contributed by atoms with Crippen molar-refractivity contribution in [3.05, 3.63) is 5.01 Å². The minimum atomic E-state index is -0.857. The summed E-state index contributed by atoms with van der Waals surface area (Å²) >= 11 is 1.39. The Morgan fingerprint density at radius 2 is 2.16 bits per heavy atom. The van der Waals surface area contributed by atoms with Crippen molar-refractivity contribution < 1.29 is 4.79 Å².